The van der Waals surface area contributed by atoms with Gasteiger partial charge in [-0.15, -0.1) is 11.6 Å². The zero-order valence-corrected chi connectivity index (χ0v) is 18.8. The number of pyridine rings is 1. The fourth-order valence-electron chi connectivity index (χ4n) is 3.71. The molecule has 0 atom stereocenters. The number of carbonyl (C=O) groups excluding carboxylic acids is 1. The van der Waals surface area contributed by atoms with E-state index in [2.05, 4.69) is 27.1 Å². The molecule has 0 saturated carbocycles. The van der Waals surface area contributed by atoms with E-state index in [1.165, 1.54) is 12.1 Å². The zero-order chi connectivity index (χ0) is 22.5. The second-order valence-electron chi connectivity index (χ2n) is 7.73. The maximum atomic E-state index is 13.3. The van der Waals surface area contributed by atoms with E-state index in [4.69, 9.17) is 16.6 Å². The molecule has 1 aromatic carbocycles. The standard InChI is InChI=1S/C23H26ClFN6O/c1-2-3-10-26-23(32)31-13-11-30(12-14-31)22-21-19(27-20(15-24)29-22)9-8-18(28-21)16-4-6-17(25)7-5-16/h4-9H,2-3,10-15H2,1H3,(H,26,32). The molecule has 2 amide bonds. The van der Waals surface area contributed by atoms with E-state index in [-0.39, 0.29) is 17.7 Å². The highest BCUT2D eigenvalue weighted by atomic mass is 35.5. The van der Waals surface area contributed by atoms with E-state index >= 15 is 0 Å². The molecule has 32 heavy (non-hydrogen) atoms. The van der Waals surface area contributed by atoms with Crippen molar-refractivity contribution < 1.29 is 9.18 Å². The van der Waals surface area contributed by atoms with Crippen LogP contribution in [-0.4, -0.2) is 58.6 Å². The number of nitrogens with zero attached hydrogens (tertiary/aromatic N) is 5. The molecule has 3 aromatic rings. The average molecular weight is 457 g/mol. The molecule has 7 nitrogen and oxygen atoms in total. The summed E-state index contributed by atoms with van der Waals surface area (Å²) >= 11 is 6.04. The predicted octanol–water partition coefficient (Wildman–Crippen LogP) is 4.20. The summed E-state index contributed by atoms with van der Waals surface area (Å²) in [6.07, 6.45) is 2.02. The number of alkyl halides is 1. The first-order valence-electron chi connectivity index (χ1n) is 10.9. The third-order valence-corrected chi connectivity index (χ3v) is 5.74. The van der Waals surface area contributed by atoms with Crippen molar-refractivity contribution in [2.24, 2.45) is 0 Å². The Morgan fingerprint density at radius 3 is 2.50 bits per heavy atom. The number of piperazine rings is 1. The fraction of sp³-hybridized carbons (Fsp3) is 0.391. The molecule has 4 rings (SSSR count). The molecule has 1 saturated heterocycles. The molecule has 168 valence electrons. The smallest absolute Gasteiger partial charge is 0.317 e. The normalized spacial score (nSPS) is 14.1. The Hall–Kier alpha value is -3.00. The van der Waals surface area contributed by atoms with Crippen LogP contribution in [0.1, 0.15) is 25.6 Å². The number of nitrogens with one attached hydrogen (secondary N) is 1. The highest BCUT2D eigenvalue weighted by molar-refractivity contribution is 6.16. The Morgan fingerprint density at radius 2 is 1.81 bits per heavy atom. The van der Waals surface area contributed by atoms with E-state index in [1.54, 1.807) is 12.1 Å². The Bertz CT molecular complexity index is 1090. The summed E-state index contributed by atoms with van der Waals surface area (Å²) in [6.45, 7) is 5.26. The van der Waals surface area contributed by atoms with Crippen molar-refractivity contribution >= 4 is 34.5 Å². The second-order valence-corrected chi connectivity index (χ2v) is 8.00. The minimum absolute atomic E-state index is 0.0242. The first-order chi connectivity index (χ1) is 15.6. The monoisotopic (exact) mass is 456 g/mol. The lowest BCUT2D eigenvalue weighted by Gasteiger charge is -2.35. The van der Waals surface area contributed by atoms with Gasteiger partial charge in [-0.25, -0.2) is 24.1 Å². The Morgan fingerprint density at radius 1 is 1.06 bits per heavy atom. The molecule has 0 unspecified atom stereocenters. The van der Waals surface area contributed by atoms with Gasteiger partial charge in [-0.3, -0.25) is 0 Å². The number of benzene rings is 1. The lowest BCUT2D eigenvalue weighted by Crippen LogP contribution is -2.52. The van der Waals surface area contributed by atoms with Gasteiger partial charge in [-0.2, -0.15) is 0 Å². The first-order valence-corrected chi connectivity index (χ1v) is 11.4. The van der Waals surface area contributed by atoms with Crippen LogP contribution in [0, 0.1) is 5.82 Å². The van der Waals surface area contributed by atoms with Crippen LogP contribution in [-0.2, 0) is 5.88 Å². The number of anilines is 1. The number of unbranched alkanes of at least 4 members (excludes halogenated alkanes) is 1. The third kappa shape index (κ3) is 4.91. The van der Waals surface area contributed by atoms with E-state index in [9.17, 15) is 9.18 Å². The summed E-state index contributed by atoms with van der Waals surface area (Å²) < 4.78 is 13.3. The molecule has 0 spiro atoms. The highest BCUT2D eigenvalue weighted by Gasteiger charge is 2.24. The number of aromatic nitrogens is 3. The molecule has 1 aliphatic heterocycles. The van der Waals surface area contributed by atoms with Gasteiger partial charge in [0.15, 0.2) is 5.82 Å². The summed E-state index contributed by atoms with van der Waals surface area (Å²) in [4.78, 5) is 30.3. The largest absolute Gasteiger partial charge is 0.351 e. The molecule has 2 aromatic heterocycles. The summed E-state index contributed by atoms with van der Waals surface area (Å²) in [7, 11) is 0. The van der Waals surface area contributed by atoms with Crippen LogP contribution in [0.15, 0.2) is 36.4 Å². The molecule has 0 bridgehead atoms. The van der Waals surface area contributed by atoms with Crippen molar-refractivity contribution in [1.29, 1.82) is 0 Å². The molecule has 3 heterocycles. The maximum absolute atomic E-state index is 13.3. The van der Waals surface area contributed by atoms with Gasteiger partial charge in [0.25, 0.3) is 0 Å². The van der Waals surface area contributed by atoms with Gasteiger partial charge >= 0.3 is 6.03 Å². The molecular formula is C23H26ClFN6O. The number of urea groups is 1. The molecule has 9 heteroatoms. The van der Waals surface area contributed by atoms with Gasteiger partial charge in [0.05, 0.1) is 17.1 Å². The average Bonchev–Trinajstić information content (AvgIpc) is 2.83. The van der Waals surface area contributed by atoms with E-state index in [0.29, 0.717) is 55.4 Å². The van der Waals surface area contributed by atoms with Crippen molar-refractivity contribution in [3.8, 4) is 11.3 Å². The maximum Gasteiger partial charge on any atom is 0.317 e. The number of carbonyl (C=O) groups is 1. The van der Waals surface area contributed by atoms with Crippen LogP contribution in [0.5, 0.6) is 0 Å². The number of amides is 2. The molecule has 1 fully saturated rings. The molecular weight excluding hydrogens is 431 g/mol. The van der Waals surface area contributed by atoms with Gasteiger partial charge < -0.3 is 15.1 Å². The summed E-state index contributed by atoms with van der Waals surface area (Å²) in [5, 5.41) is 2.97. The SMILES string of the molecule is CCCCNC(=O)N1CCN(c2nc(CCl)nc3ccc(-c4ccc(F)cc4)nc23)CC1. The lowest BCUT2D eigenvalue weighted by molar-refractivity contribution is 0.194. The number of hydrogen-bond donors (Lipinski definition) is 1. The lowest BCUT2D eigenvalue weighted by atomic mass is 10.1. The quantitative estimate of drug-likeness (QED) is 0.444. The number of rotatable bonds is 6. The minimum atomic E-state index is -0.290. The van der Waals surface area contributed by atoms with Crippen molar-refractivity contribution in [1.82, 2.24) is 25.2 Å². The second kappa shape index (κ2) is 10.1. The van der Waals surface area contributed by atoms with Gasteiger partial charge in [0.1, 0.15) is 17.2 Å². The Kier molecular flexibility index (Phi) is 6.99. The topological polar surface area (TPSA) is 74.2 Å². The van der Waals surface area contributed by atoms with Crippen LogP contribution in [0.2, 0.25) is 0 Å². The minimum Gasteiger partial charge on any atom is -0.351 e. The van der Waals surface area contributed by atoms with Crippen molar-refractivity contribution in [2.75, 3.05) is 37.6 Å². The fourth-order valence-corrected chi connectivity index (χ4v) is 3.83. The van der Waals surface area contributed by atoms with Gasteiger partial charge in [0.2, 0.25) is 0 Å². The van der Waals surface area contributed by atoms with E-state index in [0.717, 1.165) is 24.1 Å². The molecule has 0 radical (unpaired) electrons. The van der Waals surface area contributed by atoms with Gasteiger partial charge in [0, 0.05) is 38.3 Å². The molecule has 1 aliphatic rings. The van der Waals surface area contributed by atoms with Gasteiger partial charge in [-0.05, 0) is 42.8 Å². The van der Waals surface area contributed by atoms with Crippen LogP contribution in [0.25, 0.3) is 22.3 Å². The summed E-state index contributed by atoms with van der Waals surface area (Å²) in [5.41, 5.74) is 2.90. The number of fused-ring (bicyclic) bond motifs is 1. The van der Waals surface area contributed by atoms with Crippen LogP contribution < -0.4 is 10.2 Å². The van der Waals surface area contributed by atoms with Crippen LogP contribution in [0.3, 0.4) is 0 Å². The predicted molar refractivity (Wildman–Crippen MR) is 124 cm³/mol. The highest BCUT2D eigenvalue weighted by Crippen LogP contribution is 2.27. The summed E-state index contributed by atoms with van der Waals surface area (Å²) in [5.74, 6) is 1.15. The van der Waals surface area contributed by atoms with E-state index < -0.39 is 0 Å². The van der Waals surface area contributed by atoms with Crippen LogP contribution >= 0.6 is 11.6 Å². The Balaban J connectivity index is 1.59. The Labute approximate surface area is 191 Å². The third-order valence-electron chi connectivity index (χ3n) is 5.50. The first kappa shape index (κ1) is 22.2. The van der Waals surface area contributed by atoms with Crippen molar-refractivity contribution in [2.45, 2.75) is 25.6 Å². The molecule has 0 aliphatic carbocycles. The van der Waals surface area contributed by atoms with E-state index in [1.807, 2.05) is 17.0 Å². The zero-order valence-electron chi connectivity index (χ0n) is 18.0. The van der Waals surface area contributed by atoms with Crippen molar-refractivity contribution in [3.63, 3.8) is 0 Å². The van der Waals surface area contributed by atoms with Gasteiger partial charge in [-0.1, -0.05) is 13.3 Å². The summed E-state index contributed by atoms with van der Waals surface area (Å²) in [6, 6.07) is 9.96. The number of halogens is 2. The van der Waals surface area contributed by atoms with Crippen LogP contribution in [0.4, 0.5) is 15.0 Å². The molecule has 1 N–H and O–H groups in total. The van der Waals surface area contributed by atoms with Crippen molar-refractivity contribution in [3.05, 3.63) is 48.0 Å². The number of hydrogen-bond acceptors (Lipinski definition) is 5.